The predicted molar refractivity (Wildman–Crippen MR) is 47.0 cm³/mol. The molecule has 0 saturated carbocycles. The van der Waals surface area contributed by atoms with Crippen LogP contribution in [0.4, 0.5) is 5.82 Å². The summed E-state index contributed by atoms with van der Waals surface area (Å²) in [7, 11) is 1.88. The van der Waals surface area contributed by atoms with Crippen molar-refractivity contribution in [3.8, 4) is 0 Å². The Kier molecular flexibility index (Phi) is 1.73. The first-order valence-corrected chi connectivity index (χ1v) is 4.10. The number of rotatable bonds is 1. The first-order valence-electron chi connectivity index (χ1n) is 4.10. The van der Waals surface area contributed by atoms with Crippen LogP contribution in [0.25, 0.3) is 0 Å². The Labute approximate surface area is 71.8 Å². The highest BCUT2D eigenvalue weighted by Crippen LogP contribution is 2.33. The zero-order chi connectivity index (χ0) is 8.55. The van der Waals surface area contributed by atoms with Crippen molar-refractivity contribution in [3.63, 3.8) is 0 Å². The number of ether oxygens (including phenoxy) is 1. The molecule has 0 aliphatic carbocycles. The van der Waals surface area contributed by atoms with E-state index in [0.29, 0.717) is 6.61 Å². The molecule has 2 heterocycles. The van der Waals surface area contributed by atoms with Crippen LogP contribution in [0.3, 0.4) is 0 Å². The van der Waals surface area contributed by atoms with Gasteiger partial charge in [0.2, 0.25) is 0 Å². The highest BCUT2D eigenvalue weighted by Gasteiger charge is 2.22. The molecule has 0 bridgehead atoms. The van der Waals surface area contributed by atoms with Gasteiger partial charge in [0.15, 0.2) is 0 Å². The highest BCUT2D eigenvalue weighted by atomic mass is 16.5. The second-order valence-electron chi connectivity index (χ2n) is 2.94. The lowest BCUT2D eigenvalue weighted by Gasteiger charge is -2.08. The molecule has 12 heavy (non-hydrogen) atoms. The molecule has 1 N–H and O–H groups in total. The molecule has 1 unspecified atom stereocenters. The lowest BCUT2D eigenvalue weighted by Crippen LogP contribution is -1.99. The number of nitrogens with one attached hydrogen (secondary N) is 1. The molecule has 0 amide bonds. The van der Waals surface area contributed by atoms with E-state index in [9.17, 15) is 0 Å². The molecule has 1 aliphatic heterocycles. The Hall–Kier alpha value is -1.09. The summed E-state index contributed by atoms with van der Waals surface area (Å²) in [6.45, 7) is 2.77. The van der Waals surface area contributed by atoms with Crippen molar-refractivity contribution in [2.75, 3.05) is 12.4 Å². The van der Waals surface area contributed by atoms with Crippen molar-refractivity contribution in [2.24, 2.45) is 0 Å². The van der Waals surface area contributed by atoms with E-state index in [4.69, 9.17) is 4.74 Å². The quantitative estimate of drug-likeness (QED) is 0.686. The van der Waals surface area contributed by atoms with Crippen LogP contribution in [0.2, 0.25) is 0 Å². The highest BCUT2D eigenvalue weighted by molar-refractivity contribution is 5.50. The largest absolute Gasteiger partial charge is 0.373 e. The molecule has 0 fully saturated rings. The molecule has 0 aromatic carbocycles. The van der Waals surface area contributed by atoms with Gasteiger partial charge < -0.3 is 10.1 Å². The van der Waals surface area contributed by atoms with Gasteiger partial charge in [0, 0.05) is 18.8 Å². The molecule has 1 aromatic heterocycles. The van der Waals surface area contributed by atoms with Crippen LogP contribution >= 0.6 is 0 Å². The van der Waals surface area contributed by atoms with Gasteiger partial charge in [0.05, 0.1) is 12.7 Å². The fraction of sp³-hybridized carbons (Fsp3) is 0.444. The van der Waals surface area contributed by atoms with Crippen LogP contribution in [0.5, 0.6) is 0 Å². The van der Waals surface area contributed by atoms with E-state index >= 15 is 0 Å². The monoisotopic (exact) mass is 164 g/mol. The summed E-state index contributed by atoms with van der Waals surface area (Å²) in [4.78, 5) is 4.23. The first-order chi connectivity index (χ1) is 5.83. The van der Waals surface area contributed by atoms with Gasteiger partial charge in [-0.15, -0.1) is 0 Å². The van der Waals surface area contributed by atoms with Gasteiger partial charge in [-0.3, -0.25) is 0 Å². The number of nitrogens with zero attached hydrogens (tertiary/aromatic N) is 1. The number of aromatic nitrogens is 1. The Bertz CT molecular complexity index is 299. The minimum absolute atomic E-state index is 0.177. The summed E-state index contributed by atoms with van der Waals surface area (Å²) in [6.07, 6.45) is 1.99. The van der Waals surface area contributed by atoms with Crippen LogP contribution in [0.15, 0.2) is 12.3 Å². The fourth-order valence-corrected chi connectivity index (χ4v) is 1.59. The second kappa shape index (κ2) is 2.75. The number of hydrogen-bond donors (Lipinski definition) is 1. The average Bonchev–Trinajstić information content (AvgIpc) is 2.48. The Balaban J connectivity index is 2.53. The maximum Gasteiger partial charge on any atom is 0.131 e. The van der Waals surface area contributed by atoms with Gasteiger partial charge in [0.1, 0.15) is 5.82 Å². The molecule has 1 atom stereocenters. The molecule has 3 heteroatoms. The summed E-state index contributed by atoms with van der Waals surface area (Å²) in [5, 5.41) is 3.07. The van der Waals surface area contributed by atoms with Gasteiger partial charge in [-0.25, -0.2) is 4.98 Å². The lowest BCUT2D eigenvalue weighted by molar-refractivity contribution is 0.0798. The van der Waals surface area contributed by atoms with Crippen molar-refractivity contribution in [1.29, 1.82) is 0 Å². The first kappa shape index (κ1) is 7.55. The molecule has 1 aromatic rings. The number of anilines is 1. The van der Waals surface area contributed by atoms with Gasteiger partial charge in [-0.05, 0) is 18.6 Å². The minimum atomic E-state index is 0.177. The van der Waals surface area contributed by atoms with Gasteiger partial charge >= 0.3 is 0 Å². The summed E-state index contributed by atoms with van der Waals surface area (Å²) in [5.74, 6) is 0.942. The van der Waals surface area contributed by atoms with Crippen molar-refractivity contribution in [3.05, 3.63) is 23.4 Å². The average molecular weight is 164 g/mol. The van der Waals surface area contributed by atoms with Gasteiger partial charge in [0.25, 0.3) is 0 Å². The standard InChI is InChI=1S/C9H12N2O/c1-6-8-7(5-12-6)3-4-11-9(8)10-2/h3-4,6H,5H2,1-2H3,(H,10,11). The Morgan fingerprint density at radius 1 is 1.67 bits per heavy atom. The molecule has 2 rings (SSSR count). The lowest BCUT2D eigenvalue weighted by atomic mass is 10.1. The Morgan fingerprint density at radius 2 is 2.50 bits per heavy atom. The fourth-order valence-electron chi connectivity index (χ4n) is 1.59. The molecule has 0 spiro atoms. The topological polar surface area (TPSA) is 34.2 Å². The molecule has 64 valence electrons. The minimum Gasteiger partial charge on any atom is -0.373 e. The SMILES string of the molecule is CNc1nccc2c1C(C)OC2. The summed E-state index contributed by atoms with van der Waals surface area (Å²) in [6, 6.07) is 2.01. The summed E-state index contributed by atoms with van der Waals surface area (Å²) in [5.41, 5.74) is 2.46. The molecule has 1 aliphatic rings. The van der Waals surface area contributed by atoms with Crippen LogP contribution in [-0.2, 0) is 11.3 Å². The van der Waals surface area contributed by atoms with Gasteiger partial charge in [-0.1, -0.05) is 0 Å². The van der Waals surface area contributed by atoms with E-state index in [1.54, 1.807) is 0 Å². The normalized spacial score (nSPS) is 20.7. The van der Waals surface area contributed by atoms with E-state index in [1.165, 1.54) is 11.1 Å². The van der Waals surface area contributed by atoms with E-state index in [2.05, 4.69) is 10.3 Å². The molecular weight excluding hydrogens is 152 g/mol. The van der Waals surface area contributed by atoms with Crippen molar-refractivity contribution in [1.82, 2.24) is 4.98 Å². The predicted octanol–water partition coefficient (Wildman–Crippen LogP) is 1.71. The van der Waals surface area contributed by atoms with E-state index in [1.807, 2.05) is 26.2 Å². The van der Waals surface area contributed by atoms with Crippen molar-refractivity contribution in [2.45, 2.75) is 19.6 Å². The zero-order valence-electron chi connectivity index (χ0n) is 7.29. The third-order valence-electron chi connectivity index (χ3n) is 2.21. The van der Waals surface area contributed by atoms with Crippen molar-refractivity contribution >= 4 is 5.82 Å². The molecule has 0 radical (unpaired) electrons. The molecule has 0 saturated heterocycles. The maximum absolute atomic E-state index is 5.49. The smallest absolute Gasteiger partial charge is 0.131 e. The third-order valence-corrected chi connectivity index (χ3v) is 2.21. The van der Waals surface area contributed by atoms with Gasteiger partial charge in [-0.2, -0.15) is 0 Å². The maximum atomic E-state index is 5.49. The number of hydrogen-bond acceptors (Lipinski definition) is 3. The number of fused-ring (bicyclic) bond motifs is 1. The third kappa shape index (κ3) is 0.975. The van der Waals surface area contributed by atoms with E-state index in [-0.39, 0.29) is 6.10 Å². The summed E-state index contributed by atoms with van der Waals surface area (Å²) < 4.78 is 5.49. The molecule has 3 nitrogen and oxygen atoms in total. The Morgan fingerprint density at radius 3 is 3.25 bits per heavy atom. The number of pyridine rings is 1. The van der Waals surface area contributed by atoms with Crippen LogP contribution in [0, 0.1) is 0 Å². The summed E-state index contributed by atoms with van der Waals surface area (Å²) >= 11 is 0. The van der Waals surface area contributed by atoms with Crippen LogP contribution < -0.4 is 5.32 Å². The van der Waals surface area contributed by atoms with E-state index < -0.39 is 0 Å². The van der Waals surface area contributed by atoms with Crippen molar-refractivity contribution < 1.29 is 4.74 Å². The second-order valence-corrected chi connectivity index (χ2v) is 2.94. The van der Waals surface area contributed by atoms with E-state index in [0.717, 1.165) is 5.82 Å². The zero-order valence-corrected chi connectivity index (χ0v) is 7.29. The molecular formula is C9H12N2O. The van der Waals surface area contributed by atoms with Crippen LogP contribution in [0.1, 0.15) is 24.2 Å². The van der Waals surface area contributed by atoms with Crippen LogP contribution in [-0.4, -0.2) is 12.0 Å².